The van der Waals surface area contributed by atoms with E-state index in [1.54, 1.807) is 35.6 Å². The molecule has 124 valence electrons. The average molecular weight is 358 g/mol. The van der Waals surface area contributed by atoms with Crippen LogP contribution in [0.1, 0.15) is 16.1 Å². The first-order valence-corrected chi connectivity index (χ1v) is 9.84. The van der Waals surface area contributed by atoms with Crippen molar-refractivity contribution in [2.45, 2.75) is 25.7 Å². The normalized spacial score (nSPS) is 11.5. The molecule has 3 rings (SSSR count). The van der Waals surface area contributed by atoms with Crippen LogP contribution in [-0.2, 0) is 10.0 Å². The molecule has 0 bridgehead atoms. The lowest BCUT2D eigenvalue weighted by molar-refractivity contribution is 0.601. The van der Waals surface area contributed by atoms with Gasteiger partial charge in [-0.25, -0.2) is 13.4 Å². The summed E-state index contributed by atoms with van der Waals surface area (Å²) in [5.41, 5.74) is 4.28. The van der Waals surface area contributed by atoms with Gasteiger partial charge < -0.3 is 0 Å². The lowest BCUT2D eigenvalue weighted by Crippen LogP contribution is -2.13. The summed E-state index contributed by atoms with van der Waals surface area (Å²) in [6.07, 6.45) is 0. The fourth-order valence-electron chi connectivity index (χ4n) is 2.33. The summed E-state index contributed by atoms with van der Waals surface area (Å²) in [4.78, 5) is 4.70. The molecule has 0 atom stereocenters. The molecule has 0 fully saturated rings. The molecule has 3 aromatic rings. The van der Waals surface area contributed by atoms with Gasteiger partial charge in [0.2, 0.25) is 0 Å². The topological polar surface area (TPSA) is 59.1 Å². The highest BCUT2D eigenvalue weighted by atomic mass is 32.2. The highest BCUT2D eigenvalue weighted by molar-refractivity contribution is 7.92. The molecular formula is C18H18N2O2S2. The minimum absolute atomic E-state index is 0.264. The van der Waals surface area contributed by atoms with E-state index in [1.165, 1.54) is 0 Å². The third-order valence-corrected chi connectivity index (χ3v) is 5.97. The number of aryl methyl sites for hydroxylation is 3. The van der Waals surface area contributed by atoms with Gasteiger partial charge in [-0.2, -0.15) is 0 Å². The highest BCUT2D eigenvalue weighted by Crippen LogP contribution is 2.25. The van der Waals surface area contributed by atoms with Gasteiger partial charge in [0.25, 0.3) is 10.0 Å². The summed E-state index contributed by atoms with van der Waals surface area (Å²) in [6.45, 7) is 5.80. The predicted molar refractivity (Wildman–Crippen MR) is 99.0 cm³/mol. The van der Waals surface area contributed by atoms with E-state index < -0.39 is 10.0 Å². The van der Waals surface area contributed by atoms with Crippen LogP contribution in [-0.4, -0.2) is 13.4 Å². The van der Waals surface area contributed by atoms with E-state index in [2.05, 4.69) is 9.71 Å². The van der Waals surface area contributed by atoms with Gasteiger partial charge in [-0.1, -0.05) is 18.2 Å². The summed E-state index contributed by atoms with van der Waals surface area (Å²) >= 11 is 1.57. The van der Waals surface area contributed by atoms with E-state index in [9.17, 15) is 8.42 Å². The molecule has 0 aliphatic carbocycles. The number of nitrogens with one attached hydrogen (secondary N) is 1. The highest BCUT2D eigenvalue weighted by Gasteiger charge is 2.15. The first-order chi connectivity index (χ1) is 11.3. The van der Waals surface area contributed by atoms with E-state index in [0.29, 0.717) is 5.69 Å². The number of rotatable bonds is 4. The van der Waals surface area contributed by atoms with Gasteiger partial charge in [0.1, 0.15) is 0 Å². The predicted octanol–water partition coefficient (Wildman–Crippen LogP) is 4.54. The fraction of sp³-hybridized carbons (Fsp3) is 0.167. The Morgan fingerprint density at radius 1 is 1.00 bits per heavy atom. The van der Waals surface area contributed by atoms with Gasteiger partial charge in [-0.15, -0.1) is 11.3 Å². The molecule has 1 N–H and O–H groups in total. The molecule has 0 aliphatic heterocycles. The third kappa shape index (κ3) is 3.49. The Bertz CT molecular complexity index is 992. The van der Waals surface area contributed by atoms with Crippen LogP contribution in [0.2, 0.25) is 0 Å². The lowest BCUT2D eigenvalue weighted by Gasteiger charge is -2.10. The average Bonchev–Trinajstić information content (AvgIpc) is 2.96. The van der Waals surface area contributed by atoms with E-state index in [-0.39, 0.29) is 4.90 Å². The number of hydrogen-bond acceptors (Lipinski definition) is 4. The van der Waals surface area contributed by atoms with E-state index in [4.69, 9.17) is 0 Å². The van der Waals surface area contributed by atoms with E-state index in [1.807, 2.05) is 44.4 Å². The van der Waals surface area contributed by atoms with Gasteiger partial charge in [-0.3, -0.25) is 4.72 Å². The second-order valence-corrected chi connectivity index (χ2v) is 8.43. The van der Waals surface area contributed by atoms with E-state index in [0.717, 1.165) is 27.4 Å². The molecule has 6 heteroatoms. The Kier molecular flexibility index (Phi) is 4.43. The number of benzene rings is 2. The molecule has 2 aromatic carbocycles. The van der Waals surface area contributed by atoms with Crippen molar-refractivity contribution in [3.63, 3.8) is 0 Å². The first-order valence-electron chi connectivity index (χ1n) is 7.48. The van der Waals surface area contributed by atoms with Crippen LogP contribution >= 0.6 is 11.3 Å². The molecule has 0 radical (unpaired) electrons. The summed E-state index contributed by atoms with van der Waals surface area (Å²) in [7, 11) is -3.61. The second-order valence-electron chi connectivity index (χ2n) is 5.68. The molecule has 4 nitrogen and oxygen atoms in total. The minimum atomic E-state index is -3.61. The standard InChI is InChI=1S/C18H18N2O2S2/c1-12-7-8-17(9-13(12)2)24(21,22)20-16-6-4-5-15(10-16)18-11-23-14(3)19-18/h4-11,20H,1-3H3. The van der Waals surface area contributed by atoms with Gasteiger partial charge in [0, 0.05) is 16.6 Å². The minimum Gasteiger partial charge on any atom is -0.280 e. The summed E-state index contributed by atoms with van der Waals surface area (Å²) in [5.74, 6) is 0. The van der Waals surface area contributed by atoms with Crippen LogP contribution in [0.5, 0.6) is 0 Å². The van der Waals surface area contributed by atoms with Crippen molar-refractivity contribution in [2.75, 3.05) is 4.72 Å². The molecule has 0 saturated carbocycles. The molecule has 1 aromatic heterocycles. The maximum atomic E-state index is 12.6. The number of hydrogen-bond donors (Lipinski definition) is 1. The fourth-order valence-corrected chi connectivity index (χ4v) is 4.09. The third-order valence-electron chi connectivity index (χ3n) is 3.82. The summed E-state index contributed by atoms with van der Waals surface area (Å²) < 4.78 is 27.8. The smallest absolute Gasteiger partial charge is 0.261 e. The number of nitrogens with zero attached hydrogens (tertiary/aromatic N) is 1. The van der Waals surface area contributed by atoms with Crippen molar-refractivity contribution in [3.8, 4) is 11.3 Å². The van der Waals surface area contributed by atoms with Gasteiger partial charge >= 0.3 is 0 Å². The van der Waals surface area contributed by atoms with Crippen molar-refractivity contribution in [1.29, 1.82) is 0 Å². The quantitative estimate of drug-likeness (QED) is 0.745. The van der Waals surface area contributed by atoms with Crippen LogP contribution < -0.4 is 4.72 Å². The summed E-state index contributed by atoms with van der Waals surface area (Å²) in [6, 6.07) is 12.4. The largest absolute Gasteiger partial charge is 0.280 e. The Hall–Kier alpha value is -2.18. The molecule has 0 aliphatic rings. The zero-order chi connectivity index (χ0) is 17.3. The van der Waals surface area contributed by atoms with Gasteiger partial charge in [0.05, 0.1) is 15.6 Å². The molecule has 24 heavy (non-hydrogen) atoms. The summed E-state index contributed by atoms with van der Waals surface area (Å²) in [5, 5.41) is 2.94. The van der Waals surface area contributed by atoms with E-state index >= 15 is 0 Å². The molecule has 0 saturated heterocycles. The van der Waals surface area contributed by atoms with Crippen molar-refractivity contribution < 1.29 is 8.42 Å². The zero-order valence-electron chi connectivity index (χ0n) is 13.7. The monoisotopic (exact) mass is 358 g/mol. The zero-order valence-corrected chi connectivity index (χ0v) is 15.3. The Balaban J connectivity index is 1.91. The number of sulfonamides is 1. The molecule has 0 unspecified atom stereocenters. The number of thiazole rings is 1. The number of anilines is 1. The second kappa shape index (κ2) is 6.37. The van der Waals surface area contributed by atoms with Gasteiger partial charge in [-0.05, 0) is 56.2 Å². The Labute approximate surface area is 146 Å². The van der Waals surface area contributed by atoms with Crippen molar-refractivity contribution >= 4 is 27.0 Å². The molecule has 1 heterocycles. The van der Waals surface area contributed by atoms with Crippen molar-refractivity contribution in [1.82, 2.24) is 4.98 Å². The van der Waals surface area contributed by atoms with Crippen molar-refractivity contribution in [3.05, 3.63) is 64.0 Å². The Morgan fingerprint density at radius 3 is 2.46 bits per heavy atom. The molecule has 0 spiro atoms. The molecule has 0 amide bonds. The SMILES string of the molecule is Cc1nc(-c2cccc(NS(=O)(=O)c3ccc(C)c(C)c3)c2)cs1. The van der Waals surface area contributed by atoms with Gasteiger partial charge in [0.15, 0.2) is 0 Å². The first kappa shape index (κ1) is 16.7. The Morgan fingerprint density at radius 2 is 1.79 bits per heavy atom. The maximum absolute atomic E-state index is 12.6. The number of aromatic nitrogens is 1. The lowest BCUT2D eigenvalue weighted by atomic mass is 10.1. The van der Waals surface area contributed by atoms with Crippen LogP contribution in [0.4, 0.5) is 5.69 Å². The van der Waals surface area contributed by atoms with Crippen LogP contribution in [0.15, 0.2) is 52.7 Å². The van der Waals surface area contributed by atoms with Crippen molar-refractivity contribution in [2.24, 2.45) is 0 Å². The van der Waals surface area contributed by atoms with Crippen LogP contribution in [0.3, 0.4) is 0 Å². The van der Waals surface area contributed by atoms with Crippen LogP contribution in [0, 0.1) is 20.8 Å². The molecular weight excluding hydrogens is 340 g/mol. The maximum Gasteiger partial charge on any atom is 0.261 e. The van der Waals surface area contributed by atoms with Crippen LogP contribution in [0.25, 0.3) is 11.3 Å².